The SMILES string of the molecule is Cc1nc(CC(=O)NCc2ccco2)sc1CCC(=O)O. The molecule has 0 fully saturated rings. The van der Waals surface area contributed by atoms with E-state index in [9.17, 15) is 9.59 Å². The predicted octanol–water partition coefficient (Wildman–Crippen LogP) is 1.92. The zero-order chi connectivity index (χ0) is 15.2. The molecule has 2 heterocycles. The summed E-state index contributed by atoms with van der Waals surface area (Å²) in [6.45, 7) is 2.18. The maximum atomic E-state index is 11.8. The summed E-state index contributed by atoms with van der Waals surface area (Å²) in [6.07, 6.45) is 2.28. The number of carbonyl (C=O) groups is 2. The average Bonchev–Trinajstić information content (AvgIpc) is 3.04. The van der Waals surface area contributed by atoms with Crippen LogP contribution in [0.3, 0.4) is 0 Å². The van der Waals surface area contributed by atoms with Crippen molar-refractivity contribution in [3.63, 3.8) is 0 Å². The number of aryl methyl sites for hydroxylation is 2. The van der Waals surface area contributed by atoms with Crippen LogP contribution in [-0.4, -0.2) is 22.0 Å². The minimum atomic E-state index is -0.833. The summed E-state index contributed by atoms with van der Waals surface area (Å²) in [7, 11) is 0. The number of furan rings is 1. The smallest absolute Gasteiger partial charge is 0.303 e. The van der Waals surface area contributed by atoms with Crippen LogP contribution < -0.4 is 5.32 Å². The molecule has 0 radical (unpaired) electrons. The maximum Gasteiger partial charge on any atom is 0.303 e. The molecule has 2 aromatic heterocycles. The van der Waals surface area contributed by atoms with Gasteiger partial charge in [0.1, 0.15) is 10.8 Å². The highest BCUT2D eigenvalue weighted by molar-refractivity contribution is 7.11. The van der Waals surface area contributed by atoms with Crippen LogP contribution in [0.5, 0.6) is 0 Å². The predicted molar refractivity (Wildman–Crippen MR) is 77.1 cm³/mol. The van der Waals surface area contributed by atoms with Gasteiger partial charge in [-0.15, -0.1) is 11.3 Å². The molecule has 0 saturated heterocycles. The lowest BCUT2D eigenvalue weighted by Gasteiger charge is -2.00. The van der Waals surface area contributed by atoms with Crippen LogP contribution in [0.2, 0.25) is 0 Å². The number of carboxylic acid groups (broad SMARTS) is 1. The summed E-state index contributed by atoms with van der Waals surface area (Å²) in [6, 6.07) is 3.55. The van der Waals surface area contributed by atoms with Crippen LogP contribution >= 0.6 is 11.3 Å². The summed E-state index contributed by atoms with van der Waals surface area (Å²) < 4.78 is 5.13. The standard InChI is InChI=1S/C14H16N2O4S/c1-9-11(4-5-14(18)19)21-13(16-9)7-12(17)15-8-10-3-2-6-20-10/h2-3,6H,4-5,7-8H2,1H3,(H,15,17)(H,18,19). The number of nitrogens with one attached hydrogen (secondary N) is 1. The van der Waals surface area contributed by atoms with Gasteiger partial charge in [-0.2, -0.15) is 0 Å². The third-order valence-electron chi connectivity index (χ3n) is 2.85. The Balaban J connectivity index is 1.85. The van der Waals surface area contributed by atoms with Gasteiger partial charge in [0, 0.05) is 4.88 Å². The molecule has 2 N–H and O–H groups in total. The first-order chi connectivity index (χ1) is 10.0. The second kappa shape index (κ2) is 7.03. The molecule has 0 aliphatic carbocycles. The number of hydrogen-bond donors (Lipinski definition) is 2. The van der Waals surface area contributed by atoms with Gasteiger partial charge >= 0.3 is 5.97 Å². The van der Waals surface area contributed by atoms with Gasteiger partial charge in [-0.3, -0.25) is 9.59 Å². The minimum absolute atomic E-state index is 0.0766. The molecule has 0 saturated carbocycles. The van der Waals surface area contributed by atoms with Crippen LogP contribution in [0.1, 0.15) is 27.8 Å². The van der Waals surface area contributed by atoms with Crippen LogP contribution in [-0.2, 0) is 29.0 Å². The first-order valence-corrected chi connectivity index (χ1v) is 7.32. The fourth-order valence-corrected chi connectivity index (χ4v) is 2.88. The molecule has 2 aromatic rings. The molecule has 0 aliphatic rings. The topological polar surface area (TPSA) is 92.4 Å². The Labute approximate surface area is 125 Å². The highest BCUT2D eigenvalue weighted by atomic mass is 32.1. The Kier molecular flexibility index (Phi) is 5.10. The Bertz CT molecular complexity index is 619. The molecule has 0 aliphatic heterocycles. The zero-order valence-electron chi connectivity index (χ0n) is 11.6. The quantitative estimate of drug-likeness (QED) is 0.815. The van der Waals surface area contributed by atoms with Crippen molar-refractivity contribution >= 4 is 23.2 Å². The van der Waals surface area contributed by atoms with Crippen molar-refractivity contribution < 1.29 is 19.1 Å². The number of carboxylic acids is 1. The van der Waals surface area contributed by atoms with E-state index in [1.807, 2.05) is 6.92 Å². The molecule has 21 heavy (non-hydrogen) atoms. The van der Waals surface area contributed by atoms with Crippen LogP contribution in [0.15, 0.2) is 22.8 Å². The normalized spacial score (nSPS) is 10.5. The molecular weight excluding hydrogens is 292 g/mol. The van der Waals surface area contributed by atoms with E-state index in [-0.39, 0.29) is 18.7 Å². The van der Waals surface area contributed by atoms with Crippen molar-refractivity contribution in [3.8, 4) is 0 Å². The second-order valence-corrected chi connectivity index (χ2v) is 5.71. The van der Waals surface area contributed by atoms with E-state index in [0.29, 0.717) is 23.7 Å². The number of nitrogens with zero attached hydrogens (tertiary/aromatic N) is 1. The third-order valence-corrected chi connectivity index (χ3v) is 4.07. The van der Waals surface area contributed by atoms with Gasteiger partial charge in [0.05, 0.1) is 31.3 Å². The monoisotopic (exact) mass is 308 g/mol. The van der Waals surface area contributed by atoms with Gasteiger partial charge in [0.2, 0.25) is 5.91 Å². The first-order valence-electron chi connectivity index (χ1n) is 6.50. The summed E-state index contributed by atoms with van der Waals surface area (Å²) in [5, 5.41) is 12.1. The van der Waals surface area contributed by atoms with E-state index in [0.717, 1.165) is 10.6 Å². The zero-order valence-corrected chi connectivity index (χ0v) is 12.4. The number of thiazole rings is 1. The van der Waals surface area contributed by atoms with Crippen molar-refractivity contribution in [2.75, 3.05) is 0 Å². The minimum Gasteiger partial charge on any atom is -0.481 e. The van der Waals surface area contributed by atoms with E-state index < -0.39 is 5.97 Å². The molecule has 1 amide bonds. The van der Waals surface area contributed by atoms with Gasteiger partial charge in [-0.25, -0.2) is 4.98 Å². The Morgan fingerprint density at radius 3 is 2.95 bits per heavy atom. The first kappa shape index (κ1) is 15.2. The average molecular weight is 308 g/mol. The van der Waals surface area contributed by atoms with Crippen LogP contribution in [0.25, 0.3) is 0 Å². The molecule has 0 unspecified atom stereocenters. The van der Waals surface area contributed by atoms with Crippen LogP contribution in [0.4, 0.5) is 0 Å². The largest absolute Gasteiger partial charge is 0.481 e. The van der Waals surface area contributed by atoms with E-state index in [1.165, 1.54) is 11.3 Å². The van der Waals surface area contributed by atoms with E-state index in [1.54, 1.807) is 18.4 Å². The summed E-state index contributed by atoms with van der Waals surface area (Å²) in [5.41, 5.74) is 0.801. The number of aromatic nitrogens is 1. The van der Waals surface area contributed by atoms with Crippen molar-refractivity contribution in [2.24, 2.45) is 0 Å². The van der Waals surface area contributed by atoms with Crippen LogP contribution in [0, 0.1) is 6.92 Å². The lowest BCUT2D eigenvalue weighted by Crippen LogP contribution is -2.24. The molecule has 0 bridgehead atoms. The van der Waals surface area contributed by atoms with Crippen molar-refractivity contribution in [2.45, 2.75) is 32.7 Å². The summed E-state index contributed by atoms with van der Waals surface area (Å²) in [5.74, 6) is -0.272. The third kappa shape index (κ3) is 4.71. The Morgan fingerprint density at radius 1 is 1.48 bits per heavy atom. The fraction of sp³-hybridized carbons (Fsp3) is 0.357. The van der Waals surface area contributed by atoms with E-state index >= 15 is 0 Å². The highest BCUT2D eigenvalue weighted by Gasteiger charge is 2.12. The van der Waals surface area contributed by atoms with Crippen molar-refractivity contribution in [1.82, 2.24) is 10.3 Å². The lowest BCUT2D eigenvalue weighted by atomic mass is 10.2. The number of carbonyl (C=O) groups excluding carboxylic acids is 1. The van der Waals surface area contributed by atoms with Gasteiger partial charge in [-0.05, 0) is 25.5 Å². The van der Waals surface area contributed by atoms with E-state index in [4.69, 9.17) is 9.52 Å². The number of rotatable bonds is 7. The molecule has 2 rings (SSSR count). The molecule has 7 heteroatoms. The molecule has 112 valence electrons. The fourth-order valence-electron chi connectivity index (χ4n) is 1.82. The highest BCUT2D eigenvalue weighted by Crippen LogP contribution is 2.20. The molecule has 0 aromatic carbocycles. The second-order valence-electron chi connectivity index (χ2n) is 4.54. The number of amides is 1. The van der Waals surface area contributed by atoms with Crippen molar-refractivity contribution in [3.05, 3.63) is 39.7 Å². The molecule has 6 nitrogen and oxygen atoms in total. The molecular formula is C14H16N2O4S. The van der Waals surface area contributed by atoms with Gasteiger partial charge in [0.15, 0.2) is 0 Å². The number of aliphatic carboxylic acids is 1. The summed E-state index contributed by atoms with van der Waals surface area (Å²) in [4.78, 5) is 27.6. The van der Waals surface area contributed by atoms with Gasteiger partial charge < -0.3 is 14.8 Å². The summed E-state index contributed by atoms with van der Waals surface area (Å²) >= 11 is 1.39. The van der Waals surface area contributed by atoms with Gasteiger partial charge in [0.25, 0.3) is 0 Å². The van der Waals surface area contributed by atoms with Gasteiger partial charge in [-0.1, -0.05) is 0 Å². The van der Waals surface area contributed by atoms with Crippen molar-refractivity contribution in [1.29, 1.82) is 0 Å². The number of hydrogen-bond acceptors (Lipinski definition) is 5. The molecule has 0 atom stereocenters. The molecule has 0 spiro atoms. The Morgan fingerprint density at radius 2 is 2.29 bits per heavy atom. The Hall–Kier alpha value is -2.15. The maximum absolute atomic E-state index is 11.8. The lowest BCUT2D eigenvalue weighted by molar-refractivity contribution is -0.137. The van der Waals surface area contributed by atoms with E-state index in [2.05, 4.69) is 10.3 Å².